The van der Waals surface area contributed by atoms with Crippen LogP contribution in [-0.2, 0) is 14.8 Å². The van der Waals surface area contributed by atoms with Gasteiger partial charge in [0.25, 0.3) is 10.0 Å². The van der Waals surface area contributed by atoms with Crippen molar-refractivity contribution in [3.63, 3.8) is 0 Å². The summed E-state index contributed by atoms with van der Waals surface area (Å²) in [6.07, 6.45) is 0. The van der Waals surface area contributed by atoms with E-state index in [9.17, 15) is 13.2 Å². The Bertz CT molecular complexity index is 1150. The average molecular weight is 505 g/mol. The Hall–Kier alpha value is -3.04. The number of benzene rings is 3. The Labute approximate surface area is 189 Å². The van der Waals surface area contributed by atoms with Gasteiger partial charge in [-0.25, -0.2) is 8.42 Å². The molecule has 0 saturated heterocycles. The highest BCUT2D eigenvalue weighted by Gasteiger charge is 2.29. The highest BCUT2D eigenvalue weighted by molar-refractivity contribution is 9.10. The maximum Gasteiger partial charge on any atom is 0.264 e. The van der Waals surface area contributed by atoms with Gasteiger partial charge < -0.3 is 14.8 Å². The molecule has 0 aromatic heterocycles. The number of anilines is 2. The minimum atomic E-state index is -4.06. The zero-order valence-electron chi connectivity index (χ0n) is 16.9. The van der Waals surface area contributed by atoms with E-state index in [-0.39, 0.29) is 16.3 Å². The lowest BCUT2D eigenvalue weighted by molar-refractivity contribution is -0.114. The zero-order valence-corrected chi connectivity index (χ0v) is 19.3. The summed E-state index contributed by atoms with van der Waals surface area (Å²) in [5.41, 5.74) is 0.769. The number of nitrogens with zero attached hydrogens (tertiary/aromatic N) is 1. The van der Waals surface area contributed by atoms with Crippen molar-refractivity contribution in [3.05, 3.63) is 77.3 Å². The summed E-state index contributed by atoms with van der Waals surface area (Å²) in [7, 11) is -1.13. The fourth-order valence-electron chi connectivity index (χ4n) is 2.87. The first kappa shape index (κ1) is 22.6. The lowest BCUT2D eigenvalue weighted by Gasteiger charge is -2.26. The number of ether oxygens (including phenoxy) is 2. The van der Waals surface area contributed by atoms with Crippen LogP contribution in [0, 0.1) is 0 Å². The molecule has 0 atom stereocenters. The van der Waals surface area contributed by atoms with E-state index in [0.29, 0.717) is 11.4 Å². The summed E-state index contributed by atoms with van der Waals surface area (Å²) in [6.45, 7) is -0.448. The lowest BCUT2D eigenvalue weighted by atomic mass is 10.2. The summed E-state index contributed by atoms with van der Waals surface area (Å²) in [4.78, 5) is 12.8. The van der Waals surface area contributed by atoms with Crippen LogP contribution in [0.1, 0.15) is 0 Å². The molecule has 0 radical (unpaired) electrons. The molecule has 0 unspecified atom stereocenters. The molecule has 0 heterocycles. The predicted molar refractivity (Wildman–Crippen MR) is 123 cm³/mol. The van der Waals surface area contributed by atoms with Gasteiger partial charge in [0.2, 0.25) is 5.91 Å². The van der Waals surface area contributed by atoms with Crippen molar-refractivity contribution in [3.8, 4) is 11.5 Å². The Kier molecular flexibility index (Phi) is 7.19. The quantitative estimate of drug-likeness (QED) is 0.494. The summed E-state index contributed by atoms with van der Waals surface area (Å²) in [6, 6.07) is 19.6. The topological polar surface area (TPSA) is 84.9 Å². The third-order valence-electron chi connectivity index (χ3n) is 4.40. The minimum Gasteiger partial charge on any atom is -0.497 e. The van der Waals surface area contributed by atoms with E-state index < -0.39 is 22.5 Å². The van der Waals surface area contributed by atoms with Crippen LogP contribution in [0.25, 0.3) is 0 Å². The lowest BCUT2D eigenvalue weighted by Crippen LogP contribution is -2.38. The van der Waals surface area contributed by atoms with Crippen LogP contribution in [0.3, 0.4) is 0 Å². The molecule has 0 spiro atoms. The van der Waals surface area contributed by atoms with Crippen molar-refractivity contribution in [2.75, 3.05) is 30.4 Å². The molecule has 9 heteroatoms. The molecule has 162 valence electrons. The SMILES string of the molecule is COc1ccc(N(CC(=O)Nc2ccc(Br)cc2)S(=O)(=O)c2ccccc2)c(OC)c1. The van der Waals surface area contributed by atoms with E-state index in [1.165, 1.54) is 26.4 Å². The molecule has 1 N–H and O–H groups in total. The number of nitrogens with one attached hydrogen (secondary N) is 1. The number of hydrogen-bond acceptors (Lipinski definition) is 5. The second kappa shape index (κ2) is 9.84. The van der Waals surface area contributed by atoms with Gasteiger partial charge in [-0.1, -0.05) is 34.1 Å². The Balaban J connectivity index is 2.00. The number of methoxy groups -OCH3 is 2. The van der Waals surface area contributed by atoms with Crippen molar-refractivity contribution in [1.82, 2.24) is 0 Å². The second-order valence-corrected chi connectivity index (χ2v) is 9.20. The Morgan fingerprint density at radius 2 is 1.65 bits per heavy atom. The van der Waals surface area contributed by atoms with Gasteiger partial charge in [0.1, 0.15) is 18.0 Å². The van der Waals surface area contributed by atoms with E-state index in [0.717, 1.165) is 8.78 Å². The number of halogens is 1. The molecular formula is C22H21BrN2O5S. The first-order valence-electron chi connectivity index (χ1n) is 9.20. The molecule has 1 amide bonds. The fraction of sp³-hybridized carbons (Fsp3) is 0.136. The number of amides is 1. The molecule has 3 rings (SSSR count). The molecule has 0 fully saturated rings. The molecule has 3 aromatic carbocycles. The van der Waals surface area contributed by atoms with Crippen molar-refractivity contribution in [2.45, 2.75) is 4.90 Å². The maximum atomic E-state index is 13.4. The molecule has 0 saturated carbocycles. The van der Waals surface area contributed by atoms with Gasteiger partial charge in [-0.2, -0.15) is 0 Å². The van der Waals surface area contributed by atoms with Gasteiger partial charge in [0, 0.05) is 16.2 Å². The molecule has 0 aliphatic rings. The van der Waals surface area contributed by atoms with E-state index in [2.05, 4.69) is 21.2 Å². The van der Waals surface area contributed by atoms with Crippen LogP contribution >= 0.6 is 15.9 Å². The molecule has 7 nitrogen and oxygen atoms in total. The van der Waals surface area contributed by atoms with Crippen LogP contribution in [0.5, 0.6) is 11.5 Å². The summed E-state index contributed by atoms with van der Waals surface area (Å²) in [5, 5.41) is 2.72. The van der Waals surface area contributed by atoms with Crippen LogP contribution in [0.15, 0.2) is 82.2 Å². The molecule has 31 heavy (non-hydrogen) atoms. The van der Waals surface area contributed by atoms with Gasteiger partial charge >= 0.3 is 0 Å². The molecular weight excluding hydrogens is 484 g/mol. The molecule has 0 aliphatic heterocycles. The monoisotopic (exact) mass is 504 g/mol. The minimum absolute atomic E-state index is 0.0595. The van der Waals surface area contributed by atoms with Gasteiger partial charge in [0.15, 0.2) is 0 Å². The van der Waals surface area contributed by atoms with Crippen molar-refractivity contribution < 1.29 is 22.7 Å². The smallest absolute Gasteiger partial charge is 0.264 e. The number of carbonyl (C=O) groups excluding carboxylic acids is 1. The largest absolute Gasteiger partial charge is 0.497 e. The third kappa shape index (κ3) is 5.36. The van der Waals surface area contributed by atoms with Crippen molar-refractivity contribution >= 4 is 43.2 Å². The van der Waals surface area contributed by atoms with Gasteiger partial charge in [0.05, 0.1) is 24.8 Å². The fourth-order valence-corrected chi connectivity index (χ4v) is 4.59. The van der Waals surface area contributed by atoms with E-state index in [4.69, 9.17) is 9.47 Å². The van der Waals surface area contributed by atoms with E-state index >= 15 is 0 Å². The molecule has 0 aliphatic carbocycles. The highest BCUT2D eigenvalue weighted by Crippen LogP contribution is 2.35. The number of sulfonamides is 1. The molecule has 3 aromatic rings. The van der Waals surface area contributed by atoms with Gasteiger partial charge in [-0.05, 0) is 48.5 Å². The average Bonchev–Trinajstić information content (AvgIpc) is 2.79. The van der Waals surface area contributed by atoms with Crippen molar-refractivity contribution in [2.24, 2.45) is 0 Å². The van der Waals surface area contributed by atoms with Gasteiger partial charge in [-0.15, -0.1) is 0 Å². The molecule has 0 bridgehead atoms. The Morgan fingerprint density at radius 1 is 0.968 bits per heavy atom. The summed E-state index contributed by atoms with van der Waals surface area (Å²) >= 11 is 3.34. The summed E-state index contributed by atoms with van der Waals surface area (Å²) in [5.74, 6) is 0.256. The van der Waals surface area contributed by atoms with Crippen LogP contribution in [0.2, 0.25) is 0 Å². The standard InChI is InChI=1S/C22H21BrN2O5S/c1-29-18-12-13-20(21(14-18)30-2)25(31(27,28)19-6-4-3-5-7-19)15-22(26)24-17-10-8-16(23)9-11-17/h3-14H,15H2,1-2H3,(H,24,26). The van der Waals surface area contributed by atoms with Crippen LogP contribution < -0.4 is 19.1 Å². The number of carbonyl (C=O) groups is 1. The number of rotatable bonds is 8. The van der Waals surface area contributed by atoms with Crippen LogP contribution in [-0.4, -0.2) is 35.1 Å². The normalized spacial score (nSPS) is 10.9. The predicted octanol–water partition coefficient (Wildman–Crippen LogP) is 4.30. The van der Waals surface area contributed by atoms with Crippen molar-refractivity contribution in [1.29, 1.82) is 0 Å². The van der Waals surface area contributed by atoms with E-state index in [1.807, 2.05) is 0 Å². The number of hydrogen-bond donors (Lipinski definition) is 1. The first-order chi connectivity index (χ1) is 14.8. The zero-order chi connectivity index (χ0) is 22.4. The Morgan fingerprint density at radius 3 is 2.26 bits per heavy atom. The van der Waals surface area contributed by atoms with E-state index in [1.54, 1.807) is 60.7 Å². The summed E-state index contributed by atoms with van der Waals surface area (Å²) < 4.78 is 39.4. The maximum absolute atomic E-state index is 13.4. The first-order valence-corrected chi connectivity index (χ1v) is 11.4. The van der Waals surface area contributed by atoms with Gasteiger partial charge in [-0.3, -0.25) is 9.10 Å². The second-order valence-electron chi connectivity index (χ2n) is 6.42. The third-order valence-corrected chi connectivity index (χ3v) is 6.70. The van der Waals surface area contributed by atoms with Crippen LogP contribution in [0.4, 0.5) is 11.4 Å². The highest BCUT2D eigenvalue weighted by atomic mass is 79.9.